The number of hydrogen-bond acceptors (Lipinski definition) is 7. The summed E-state index contributed by atoms with van der Waals surface area (Å²) in [7, 11) is 3.26. The molecule has 0 spiro atoms. The molecule has 2 fully saturated rings. The van der Waals surface area contributed by atoms with Crippen molar-refractivity contribution in [2.45, 2.75) is 50.2 Å². The molecule has 2 aliphatic heterocycles. The highest BCUT2D eigenvalue weighted by Gasteiger charge is 2.51. The van der Waals surface area contributed by atoms with Gasteiger partial charge in [-0.15, -0.1) is 0 Å². The zero-order valence-electron chi connectivity index (χ0n) is 20.5. The summed E-state index contributed by atoms with van der Waals surface area (Å²) in [4.78, 5) is 0. The monoisotopic (exact) mass is 492 g/mol. The van der Waals surface area contributed by atoms with Gasteiger partial charge >= 0.3 is 0 Å². The molecule has 0 radical (unpaired) electrons. The predicted molar refractivity (Wildman–Crippen MR) is 132 cm³/mol. The lowest BCUT2D eigenvalue weighted by Crippen LogP contribution is -2.63. The molecule has 1 unspecified atom stereocenters. The molecule has 190 valence electrons. The van der Waals surface area contributed by atoms with Crippen molar-refractivity contribution in [2.24, 2.45) is 0 Å². The van der Waals surface area contributed by atoms with Crippen LogP contribution in [0.1, 0.15) is 23.0 Å². The van der Waals surface area contributed by atoms with Gasteiger partial charge in [-0.3, -0.25) is 0 Å². The average molecular weight is 493 g/mol. The molecule has 3 aromatic rings. The van der Waals surface area contributed by atoms with E-state index in [0.29, 0.717) is 19.8 Å². The number of rotatable bonds is 9. The number of fused-ring (bicyclic) bond motifs is 1. The van der Waals surface area contributed by atoms with Crippen molar-refractivity contribution in [3.05, 3.63) is 102 Å². The predicted octanol–water partition coefficient (Wildman–Crippen LogP) is 4.65. The maximum atomic E-state index is 6.51. The Hall–Kier alpha value is -2.78. The van der Waals surface area contributed by atoms with E-state index in [9.17, 15) is 0 Å². The Labute approximate surface area is 211 Å². The summed E-state index contributed by atoms with van der Waals surface area (Å²) in [6.07, 6.45) is -2.90. The zero-order chi connectivity index (χ0) is 24.7. The van der Waals surface area contributed by atoms with Gasteiger partial charge < -0.3 is 33.2 Å². The highest BCUT2D eigenvalue weighted by molar-refractivity contribution is 5.28. The maximum absolute atomic E-state index is 6.51. The molecule has 0 amide bonds. The fourth-order valence-corrected chi connectivity index (χ4v) is 4.57. The molecule has 2 aliphatic rings. The number of hydrogen-bond donors (Lipinski definition) is 0. The highest BCUT2D eigenvalue weighted by Crippen LogP contribution is 2.37. The fourth-order valence-electron chi connectivity index (χ4n) is 4.57. The van der Waals surface area contributed by atoms with E-state index in [-0.39, 0.29) is 6.10 Å². The summed E-state index contributed by atoms with van der Waals surface area (Å²) in [5.41, 5.74) is 3.02. The first kappa shape index (κ1) is 24.9. The molecule has 2 heterocycles. The average Bonchev–Trinajstić information content (AvgIpc) is 2.95. The van der Waals surface area contributed by atoms with E-state index in [0.717, 1.165) is 22.4 Å². The lowest BCUT2D eigenvalue weighted by Gasteiger charge is -2.48. The van der Waals surface area contributed by atoms with Crippen LogP contribution in [-0.2, 0) is 41.6 Å². The van der Waals surface area contributed by atoms with Gasteiger partial charge in [0.25, 0.3) is 0 Å². The Balaban J connectivity index is 1.38. The van der Waals surface area contributed by atoms with Crippen LogP contribution < -0.4 is 4.74 Å². The van der Waals surface area contributed by atoms with Crippen molar-refractivity contribution < 1.29 is 33.2 Å². The van der Waals surface area contributed by atoms with Crippen molar-refractivity contribution in [1.29, 1.82) is 0 Å². The third kappa shape index (κ3) is 5.78. The van der Waals surface area contributed by atoms with Crippen molar-refractivity contribution in [1.82, 2.24) is 0 Å². The minimum Gasteiger partial charge on any atom is -0.497 e. The van der Waals surface area contributed by atoms with Gasteiger partial charge in [0.15, 0.2) is 12.6 Å². The third-order valence-electron chi connectivity index (χ3n) is 6.47. The van der Waals surface area contributed by atoms with Crippen LogP contribution in [0.2, 0.25) is 0 Å². The van der Waals surface area contributed by atoms with E-state index >= 15 is 0 Å². The molecule has 7 heteroatoms. The molecule has 0 saturated carbocycles. The summed E-state index contributed by atoms with van der Waals surface area (Å²) in [6, 6.07) is 27.7. The topological polar surface area (TPSA) is 64.6 Å². The Morgan fingerprint density at radius 2 is 1.33 bits per heavy atom. The van der Waals surface area contributed by atoms with Gasteiger partial charge in [0.2, 0.25) is 0 Å². The van der Waals surface area contributed by atoms with E-state index in [1.807, 2.05) is 84.9 Å². The van der Waals surface area contributed by atoms with Crippen LogP contribution in [0.4, 0.5) is 0 Å². The van der Waals surface area contributed by atoms with Crippen LogP contribution in [-0.4, -0.2) is 51.5 Å². The van der Waals surface area contributed by atoms with Gasteiger partial charge in [-0.1, -0.05) is 72.8 Å². The van der Waals surface area contributed by atoms with Crippen molar-refractivity contribution >= 4 is 0 Å². The molecule has 0 aromatic heterocycles. The second kappa shape index (κ2) is 12.0. The standard InChI is InChI=1S/C29H32O7/c1-30-23-15-13-22(14-16-23)28-34-19-24-25(36-28)26(32-17-20-9-5-3-6-10-20)27(29(31-2)35-24)33-18-21-11-7-4-8-12-21/h3-16,24-29H,17-19H2,1-2H3/t24-,25-,26+,27-,28?,29+/m1/s1. The lowest BCUT2D eigenvalue weighted by molar-refractivity contribution is -0.369. The number of methoxy groups -OCH3 is 2. The molecule has 0 bridgehead atoms. The van der Waals surface area contributed by atoms with Gasteiger partial charge in [-0.2, -0.15) is 0 Å². The normalized spacial score (nSPS) is 27.8. The summed E-state index contributed by atoms with van der Waals surface area (Å²) in [5.74, 6) is 0.773. The van der Waals surface area contributed by atoms with E-state index in [1.54, 1.807) is 14.2 Å². The van der Waals surface area contributed by atoms with Crippen LogP contribution in [0.25, 0.3) is 0 Å². The van der Waals surface area contributed by atoms with Crippen LogP contribution in [0.5, 0.6) is 5.75 Å². The fraction of sp³-hybridized carbons (Fsp3) is 0.379. The number of ether oxygens (including phenoxy) is 7. The molecule has 0 aliphatic carbocycles. The van der Waals surface area contributed by atoms with Crippen LogP contribution in [0, 0.1) is 0 Å². The van der Waals surface area contributed by atoms with Crippen molar-refractivity contribution in [2.75, 3.05) is 20.8 Å². The van der Waals surface area contributed by atoms with E-state index in [2.05, 4.69) is 0 Å². The first-order valence-electron chi connectivity index (χ1n) is 12.2. The molecule has 5 rings (SSSR count). The Kier molecular flexibility index (Phi) is 8.28. The van der Waals surface area contributed by atoms with Crippen molar-refractivity contribution in [3.8, 4) is 5.75 Å². The van der Waals surface area contributed by atoms with Crippen LogP contribution >= 0.6 is 0 Å². The van der Waals surface area contributed by atoms with Gasteiger partial charge in [0.1, 0.15) is 30.2 Å². The maximum Gasteiger partial charge on any atom is 0.186 e. The number of benzene rings is 3. The molecule has 36 heavy (non-hydrogen) atoms. The molecule has 2 saturated heterocycles. The van der Waals surface area contributed by atoms with Crippen LogP contribution in [0.3, 0.4) is 0 Å². The van der Waals surface area contributed by atoms with E-state index in [4.69, 9.17) is 33.2 Å². The first-order valence-corrected chi connectivity index (χ1v) is 12.2. The van der Waals surface area contributed by atoms with Gasteiger partial charge in [0.05, 0.1) is 26.9 Å². The minimum atomic E-state index is -0.625. The van der Waals surface area contributed by atoms with Gasteiger partial charge in [-0.25, -0.2) is 0 Å². The van der Waals surface area contributed by atoms with E-state index in [1.165, 1.54) is 0 Å². The minimum absolute atomic E-state index is 0.345. The lowest BCUT2D eigenvalue weighted by atomic mass is 9.97. The zero-order valence-corrected chi connectivity index (χ0v) is 20.5. The Morgan fingerprint density at radius 1 is 0.722 bits per heavy atom. The van der Waals surface area contributed by atoms with Crippen LogP contribution in [0.15, 0.2) is 84.9 Å². The molecule has 6 atom stereocenters. The summed E-state index contributed by atoms with van der Waals surface area (Å²) < 4.78 is 42.6. The first-order chi connectivity index (χ1) is 17.7. The third-order valence-corrected chi connectivity index (χ3v) is 6.47. The Bertz CT molecular complexity index is 1060. The summed E-state index contributed by atoms with van der Waals surface area (Å²) in [5, 5.41) is 0. The molecular weight excluding hydrogens is 460 g/mol. The molecule has 7 nitrogen and oxygen atoms in total. The largest absolute Gasteiger partial charge is 0.497 e. The molecular formula is C29H32O7. The smallest absolute Gasteiger partial charge is 0.186 e. The van der Waals surface area contributed by atoms with E-state index < -0.39 is 30.9 Å². The van der Waals surface area contributed by atoms with Gasteiger partial charge in [0, 0.05) is 12.7 Å². The SMILES string of the molecule is COc1ccc(C2OC[C@H]3O[C@H](OC)[C@H](OCc4ccccc4)[C@@H](OCc4ccccc4)[C@@H]3O2)cc1. The second-order valence-electron chi connectivity index (χ2n) is 8.84. The highest BCUT2D eigenvalue weighted by atomic mass is 16.8. The van der Waals surface area contributed by atoms with Crippen molar-refractivity contribution in [3.63, 3.8) is 0 Å². The summed E-state index contributed by atoms with van der Waals surface area (Å²) in [6.45, 7) is 1.15. The van der Waals surface area contributed by atoms with Gasteiger partial charge in [-0.05, 0) is 23.3 Å². The molecule has 0 N–H and O–H groups in total. The molecule has 3 aromatic carbocycles. The quantitative estimate of drug-likeness (QED) is 0.431. The second-order valence-corrected chi connectivity index (χ2v) is 8.84. The Morgan fingerprint density at radius 3 is 1.92 bits per heavy atom. The summed E-state index contributed by atoms with van der Waals surface area (Å²) >= 11 is 0.